The molecule has 1 N–H and O–H groups in total. The van der Waals surface area contributed by atoms with Crippen molar-refractivity contribution < 1.29 is 18.7 Å². The molecule has 0 saturated carbocycles. The van der Waals surface area contributed by atoms with Gasteiger partial charge in [0, 0.05) is 44.6 Å². The predicted octanol–water partition coefficient (Wildman–Crippen LogP) is 1.91. The Morgan fingerprint density at radius 1 is 1.12 bits per heavy atom. The molecule has 1 fully saturated rings. The van der Waals surface area contributed by atoms with Crippen LogP contribution >= 0.6 is 0 Å². The lowest BCUT2D eigenvalue weighted by atomic mass is 10.3. The largest absolute Gasteiger partial charge is 0.484 e. The van der Waals surface area contributed by atoms with Crippen molar-refractivity contribution in [2.75, 3.05) is 32.8 Å². The van der Waals surface area contributed by atoms with Crippen LogP contribution in [-0.2, 0) is 4.79 Å². The van der Waals surface area contributed by atoms with Crippen molar-refractivity contribution >= 4 is 11.8 Å². The molecule has 0 radical (unpaired) electrons. The van der Waals surface area contributed by atoms with E-state index in [9.17, 15) is 14.0 Å². The third-order valence-electron chi connectivity index (χ3n) is 4.14. The second kappa shape index (κ2) is 7.83. The number of halogens is 1. The number of ether oxygens (including phenoxy) is 1. The van der Waals surface area contributed by atoms with Crippen molar-refractivity contribution in [1.29, 1.82) is 0 Å². The van der Waals surface area contributed by atoms with Crippen LogP contribution in [0.5, 0.6) is 5.75 Å². The minimum atomic E-state index is -0.404. The highest BCUT2D eigenvalue weighted by Crippen LogP contribution is 2.13. The SMILES string of the molecule is O=C(COc1cccc(F)c1)N1CCCN(C(=O)c2cc[nH]c2)CC1. The molecule has 1 aliphatic heterocycles. The van der Waals surface area contributed by atoms with Crippen LogP contribution in [0.15, 0.2) is 42.7 Å². The molecule has 0 aliphatic carbocycles. The minimum absolute atomic E-state index is 0.0356. The molecular formula is C18H20FN3O3. The monoisotopic (exact) mass is 345 g/mol. The molecule has 7 heteroatoms. The second-order valence-corrected chi connectivity index (χ2v) is 5.87. The summed E-state index contributed by atoms with van der Waals surface area (Å²) in [5.74, 6) is -0.280. The number of benzene rings is 1. The van der Waals surface area contributed by atoms with Crippen molar-refractivity contribution in [2.24, 2.45) is 0 Å². The van der Waals surface area contributed by atoms with Gasteiger partial charge in [-0.15, -0.1) is 0 Å². The summed E-state index contributed by atoms with van der Waals surface area (Å²) in [7, 11) is 0. The highest BCUT2D eigenvalue weighted by Gasteiger charge is 2.23. The van der Waals surface area contributed by atoms with Crippen molar-refractivity contribution in [3.05, 3.63) is 54.1 Å². The van der Waals surface area contributed by atoms with Crippen LogP contribution in [0.25, 0.3) is 0 Å². The number of carbonyl (C=O) groups excluding carboxylic acids is 2. The van der Waals surface area contributed by atoms with E-state index in [2.05, 4.69) is 4.98 Å². The molecule has 0 unspecified atom stereocenters. The number of aromatic amines is 1. The van der Waals surface area contributed by atoms with Crippen LogP contribution in [0.3, 0.4) is 0 Å². The van der Waals surface area contributed by atoms with E-state index in [-0.39, 0.29) is 18.4 Å². The summed E-state index contributed by atoms with van der Waals surface area (Å²) >= 11 is 0. The van der Waals surface area contributed by atoms with Gasteiger partial charge in [-0.2, -0.15) is 0 Å². The number of nitrogens with one attached hydrogen (secondary N) is 1. The van der Waals surface area contributed by atoms with E-state index in [0.29, 0.717) is 43.9 Å². The number of aromatic nitrogens is 1. The summed E-state index contributed by atoms with van der Waals surface area (Å²) in [6, 6.07) is 7.44. The molecule has 25 heavy (non-hydrogen) atoms. The Morgan fingerprint density at radius 2 is 1.92 bits per heavy atom. The van der Waals surface area contributed by atoms with Gasteiger partial charge < -0.3 is 19.5 Å². The van der Waals surface area contributed by atoms with E-state index in [1.54, 1.807) is 34.3 Å². The average molecular weight is 345 g/mol. The molecule has 0 bridgehead atoms. The lowest BCUT2D eigenvalue weighted by Gasteiger charge is -2.22. The lowest BCUT2D eigenvalue weighted by Crippen LogP contribution is -2.39. The van der Waals surface area contributed by atoms with E-state index in [1.807, 2.05) is 0 Å². The highest BCUT2D eigenvalue weighted by molar-refractivity contribution is 5.94. The fourth-order valence-electron chi connectivity index (χ4n) is 2.80. The zero-order chi connectivity index (χ0) is 17.6. The molecule has 132 valence electrons. The quantitative estimate of drug-likeness (QED) is 0.921. The maximum absolute atomic E-state index is 13.1. The van der Waals surface area contributed by atoms with E-state index in [0.717, 1.165) is 0 Å². The van der Waals surface area contributed by atoms with Crippen LogP contribution in [0.4, 0.5) is 4.39 Å². The topological polar surface area (TPSA) is 65.6 Å². The third kappa shape index (κ3) is 4.37. The molecule has 1 saturated heterocycles. The van der Waals surface area contributed by atoms with Crippen LogP contribution in [-0.4, -0.2) is 59.4 Å². The summed E-state index contributed by atoms with van der Waals surface area (Å²) < 4.78 is 18.5. The van der Waals surface area contributed by atoms with Crippen molar-refractivity contribution in [3.63, 3.8) is 0 Å². The molecule has 3 rings (SSSR count). The van der Waals surface area contributed by atoms with Crippen molar-refractivity contribution in [3.8, 4) is 5.75 Å². The number of carbonyl (C=O) groups is 2. The molecule has 2 aromatic rings. The summed E-state index contributed by atoms with van der Waals surface area (Å²) in [5.41, 5.74) is 0.620. The molecule has 2 heterocycles. The van der Waals surface area contributed by atoms with Crippen LogP contribution < -0.4 is 4.74 Å². The molecule has 1 aromatic heterocycles. The Labute approximate surface area is 145 Å². The first-order valence-corrected chi connectivity index (χ1v) is 8.22. The maximum atomic E-state index is 13.1. The van der Waals surface area contributed by atoms with E-state index < -0.39 is 5.82 Å². The lowest BCUT2D eigenvalue weighted by molar-refractivity contribution is -0.133. The highest BCUT2D eigenvalue weighted by atomic mass is 19.1. The zero-order valence-electron chi connectivity index (χ0n) is 13.8. The number of hydrogen-bond acceptors (Lipinski definition) is 3. The summed E-state index contributed by atoms with van der Waals surface area (Å²) in [5, 5.41) is 0. The fourth-order valence-corrected chi connectivity index (χ4v) is 2.80. The normalized spacial score (nSPS) is 14.9. The Kier molecular flexibility index (Phi) is 5.33. The molecule has 0 atom stereocenters. The first-order valence-electron chi connectivity index (χ1n) is 8.22. The zero-order valence-corrected chi connectivity index (χ0v) is 13.8. The number of nitrogens with zero attached hydrogens (tertiary/aromatic N) is 2. The van der Waals surface area contributed by atoms with Gasteiger partial charge in [0.25, 0.3) is 11.8 Å². The van der Waals surface area contributed by atoms with E-state index in [4.69, 9.17) is 4.74 Å². The van der Waals surface area contributed by atoms with Gasteiger partial charge in [0.1, 0.15) is 11.6 Å². The number of amides is 2. The Morgan fingerprint density at radius 3 is 2.68 bits per heavy atom. The molecule has 6 nitrogen and oxygen atoms in total. The van der Waals surface area contributed by atoms with Crippen LogP contribution in [0.2, 0.25) is 0 Å². The summed E-state index contributed by atoms with van der Waals surface area (Å²) in [6.45, 7) is 1.98. The predicted molar refractivity (Wildman–Crippen MR) is 89.8 cm³/mol. The van der Waals surface area contributed by atoms with Gasteiger partial charge in [-0.05, 0) is 24.6 Å². The van der Waals surface area contributed by atoms with E-state index >= 15 is 0 Å². The van der Waals surface area contributed by atoms with Crippen LogP contribution in [0.1, 0.15) is 16.8 Å². The molecule has 0 spiro atoms. The van der Waals surface area contributed by atoms with Crippen molar-refractivity contribution in [1.82, 2.24) is 14.8 Å². The molecular weight excluding hydrogens is 325 g/mol. The smallest absolute Gasteiger partial charge is 0.260 e. The van der Waals surface area contributed by atoms with Gasteiger partial charge >= 0.3 is 0 Å². The standard InChI is InChI=1S/C18H20FN3O3/c19-15-3-1-4-16(11-15)25-13-17(23)21-7-2-8-22(10-9-21)18(24)14-5-6-20-12-14/h1,3-6,11-12,20H,2,7-10,13H2. The van der Waals surface area contributed by atoms with Gasteiger partial charge in [0.05, 0.1) is 5.56 Å². The number of hydrogen-bond donors (Lipinski definition) is 1. The first-order chi connectivity index (χ1) is 12.1. The van der Waals surface area contributed by atoms with Gasteiger partial charge in [-0.25, -0.2) is 4.39 Å². The number of rotatable bonds is 4. The molecule has 1 aromatic carbocycles. The second-order valence-electron chi connectivity index (χ2n) is 5.87. The maximum Gasteiger partial charge on any atom is 0.260 e. The van der Waals surface area contributed by atoms with Crippen molar-refractivity contribution in [2.45, 2.75) is 6.42 Å². The van der Waals surface area contributed by atoms with Gasteiger partial charge in [0.2, 0.25) is 0 Å². The first kappa shape index (κ1) is 17.0. The minimum Gasteiger partial charge on any atom is -0.484 e. The molecule has 1 aliphatic rings. The summed E-state index contributed by atoms with van der Waals surface area (Å²) in [4.78, 5) is 31.0. The average Bonchev–Trinajstić information content (AvgIpc) is 3.03. The van der Waals surface area contributed by atoms with Gasteiger partial charge in [0.15, 0.2) is 6.61 Å². The van der Waals surface area contributed by atoms with Crippen LogP contribution in [0, 0.1) is 5.82 Å². The Hall–Kier alpha value is -2.83. The van der Waals surface area contributed by atoms with Gasteiger partial charge in [-0.3, -0.25) is 9.59 Å². The van der Waals surface area contributed by atoms with Gasteiger partial charge in [-0.1, -0.05) is 6.07 Å². The molecule has 2 amide bonds. The Bertz CT molecular complexity index is 733. The number of H-pyrrole nitrogens is 1. The fraction of sp³-hybridized carbons (Fsp3) is 0.333. The summed E-state index contributed by atoms with van der Waals surface area (Å²) in [6.07, 6.45) is 4.09. The third-order valence-corrected chi connectivity index (χ3v) is 4.14. The Balaban J connectivity index is 1.52. The van der Waals surface area contributed by atoms with E-state index in [1.165, 1.54) is 18.2 Å².